The van der Waals surface area contributed by atoms with Gasteiger partial charge >= 0.3 is 0 Å². The van der Waals surface area contributed by atoms with E-state index in [0.29, 0.717) is 5.75 Å². The van der Waals surface area contributed by atoms with Crippen LogP contribution in [0.25, 0.3) is 0 Å². The molecule has 0 amide bonds. The minimum absolute atomic E-state index is 0.328. The lowest BCUT2D eigenvalue weighted by Crippen LogP contribution is -2.32. The van der Waals surface area contributed by atoms with Crippen LogP contribution in [0.1, 0.15) is 25.8 Å². The van der Waals surface area contributed by atoms with E-state index in [-0.39, 0.29) is 0 Å². The minimum Gasteiger partial charge on any atom is -0.508 e. The maximum atomic E-state index is 9.16. The van der Waals surface area contributed by atoms with Crippen molar-refractivity contribution < 1.29 is 5.11 Å². The number of hydrogen-bond acceptors (Lipinski definition) is 3. The first kappa shape index (κ1) is 14.0. The third-order valence-corrected chi connectivity index (χ3v) is 2.86. The van der Waals surface area contributed by atoms with Crippen LogP contribution in [-0.2, 0) is 6.54 Å². The molecule has 3 nitrogen and oxygen atoms in total. The fourth-order valence-corrected chi connectivity index (χ4v) is 1.83. The van der Waals surface area contributed by atoms with Gasteiger partial charge in [-0.2, -0.15) is 0 Å². The van der Waals surface area contributed by atoms with Crippen LogP contribution in [0.5, 0.6) is 5.75 Å². The first-order valence-corrected chi connectivity index (χ1v) is 6.47. The number of nitrogens with one attached hydrogen (secondary N) is 1. The van der Waals surface area contributed by atoms with Gasteiger partial charge in [0.25, 0.3) is 0 Å². The molecule has 0 radical (unpaired) electrons. The molecule has 0 spiro atoms. The van der Waals surface area contributed by atoms with Crippen molar-refractivity contribution >= 4 is 0 Å². The molecule has 0 saturated carbocycles. The summed E-state index contributed by atoms with van der Waals surface area (Å²) in [5.41, 5.74) is 1.21. The van der Waals surface area contributed by atoms with Crippen LogP contribution in [-0.4, -0.2) is 36.2 Å². The molecule has 0 unspecified atom stereocenters. The maximum Gasteiger partial charge on any atom is 0.115 e. The molecular weight excluding hydrogens is 212 g/mol. The first-order chi connectivity index (χ1) is 8.26. The van der Waals surface area contributed by atoms with Crippen LogP contribution in [0.3, 0.4) is 0 Å². The molecule has 96 valence electrons. The van der Waals surface area contributed by atoms with Gasteiger partial charge in [-0.3, -0.25) is 0 Å². The minimum atomic E-state index is 0.328. The Hall–Kier alpha value is -1.06. The fourth-order valence-electron chi connectivity index (χ4n) is 1.83. The Morgan fingerprint density at radius 1 is 1.12 bits per heavy atom. The Labute approximate surface area is 104 Å². The predicted molar refractivity (Wildman–Crippen MR) is 72.2 cm³/mol. The second-order valence-electron chi connectivity index (χ2n) is 4.28. The van der Waals surface area contributed by atoms with Crippen LogP contribution in [0.4, 0.5) is 0 Å². The van der Waals surface area contributed by atoms with Gasteiger partial charge in [-0.15, -0.1) is 0 Å². The molecule has 0 bridgehead atoms. The van der Waals surface area contributed by atoms with Crippen molar-refractivity contribution in [1.82, 2.24) is 10.2 Å². The zero-order valence-corrected chi connectivity index (χ0v) is 10.9. The van der Waals surface area contributed by atoms with Gasteiger partial charge in [-0.05, 0) is 37.2 Å². The van der Waals surface area contributed by atoms with Crippen LogP contribution < -0.4 is 5.32 Å². The molecule has 0 saturated heterocycles. The van der Waals surface area contributed by atoms with Crippen LogP contribution >= 0.6 is 0 Å². The van der Waals surface area contributed by atoms with E-state index >= 15 is 0 Å². The molecule has 17 heavy (non-hydrogen) atoms. The van der Waals surface area contributed by atoms with Crippen molar-refractivity contribution in [2.75, 3.05) is 26.2 Å². The van der Waals surface area contributed by atoms with Crippen molar-refractivity contribution in [2.45, 2.75) is 26.8 Å². The molecule has 1 aromatic carbocycles. The summed E-state index contributed by atoms with van der Waals surface area (Å²) in [6.45, 7) is 9.69. The summed E-state index contributed by atoms with van der Waals surface area (Å²) in [5, 5.41) is 12.6. The largest absolute Gasteiger partial charge is 0.508 e. The summed E-state index contributed by atoms with van der Waals surface area (Å²) in [6.07, 6.45) is 1.21. The van der Waals surface area contributed by atoms with Gasteiger partial charge in [0.2, 0.25) is 0 Å². The molecule has 1 rings (SSSR count). The van der Waals surface area contributed by atoms with Crippen LogP contribution in [0.15, 0.2) is 24.3 Å². The zero-order valence-electron chi connectivity index (χ0n) is 10.9. The standard InChI is InChI=1S/C14H24N2O/c1-3-10-16(4-2)11-9-15-12-13-5-7-14(17)8-6-13/h5-8,15,17H,3-4,9-12H2,1-2H3. The van der Waals surface area contributed by atoms with Crippen LogP contribution in [0.2, 0.25) is 0 Å². The van der Waals surface area contributed by atoms with Crippen molar-refractivity contribution in [2.24, 2.45) is 0 Å². The summed E-state index contributed by atoms with van der Waals surface area (Å²) >= 11 is 0. The second-order valence-corrected chi connectivity index (χ2v) is 4.28. The highest BCUT2D eigenvalue weighted by atomic mass is 16.3. The van der Waals surface area contributed by atoms with E-state index in [1.807, 2.05) is 12.1 Å². The molecule has 2 N–H and O–H groups in total. The number of phenols is 1. The first-order valence-electron chi connectivity index (χ1n) is 6.47. The van der Waals surface area contributed by atoms with Crippen LogP contribution in [0, 0.1) is 0 Å². The van der Waals surface area contributed by atoms with E-state index in [1.165, 1.54) is 18.5 Å². The lowest BCUT2D eigenvalue weighted by molar-refractivity contribution is 0.287. The Morgan fingerprint density at radius 3 is 2.41 bits per heavy atom. The Morgan fingerprint density at radius 2 is 1.82 bits per heavy atom. The number of phenolic OH excluding ortho intramolecular Hbond substituents is 1. The predicted octanol–water partition coefficient (Wildman–Crippen LogP) is 2.21. The summed E-state index contributed by atoms with van der Waals surface area (Å²) in [5.74, 6) is 0.328. The van der Waals surface area contributed by atoms with Crippen molar-refractivity contribution in [1.29, 1.82) is 0 Å². The maximum absolute atomic E-state index is 9.16. The molecule has 0 aliphatic heterocycles. The lowest BCUT2D eigenvalue weighted by atomic mass is 10.2. The molecule has 0 fully saturated rings. The summed E-state index contributed by atoms with van der Waals surface area (Å²) < 4.78 is 0. The van der Waals surface area contributed by atoms with Gasteiger partial charge in [-0.1, -0.05) is 26.0 Å². The smallest absolute Gasteiger partial charge is 0.115 e. The molecular formula is C14H24N2O. The fraction of sp³-hybridized carbons (Fsp3) is 0.571. The summed E-state index contributed by atoms with van der Waals surface area (Å²) in [4.78, 5) is 2.45. The van der Waals surface area contributed by atoms with E-state index in [4.69, 9.17) is 5.11 Å². The second kappa shape index (κ2) is 8.09. The van der Waals surface area contributed by atoms with Crippen molar-refractivity contribution in [3.8, 4) is 5.75 Å². The number of benzene rings is 1. The quantitative estimate of drug-likeness (QED) is 0.679. The Kier molecular flexibility index (Phi) is 6.67. The molecule has 0 heterocycles. The van der Waals surface area contributed by atoms with E-state index in [9.17, 15) is 0 Å². The number of nitrogens with zero attached hydrogens (tertiary/aromatic N) is 1. The van der Waals surface area contributed by atoms with E-state index < -0.39 is 0 Å². The van der Waals surface area contributed by atoms with Gasteiger partial charge < -0.3 is 15.3 Å². The molecule has 0 aromatic heterocycles. The molecule has 0 aliphatic rings. The van der Waals surface area contributed by atoms with Gasteiger partial charge in [0.15, 0.2) is 0 Å². The number of aromatic hydroxyl groups is 1. The Bertz CT molecular complexity index is 298. The van der Waals surface area contributed by atoms with Gasteiger partial charge in [0.05, 0.1) is 0 Å². The van der Waals surface area contributed by atoms with Crippen molar-refractivity contribution in [3.63, 3.8) is 0 Å². The summed E-state index contributed by atoms with van der Waals surface area (Å²) in [6, 6.07) is 7.36. The topological polar surface area (TPSA) is 35.5 Å². The van der Waals surface area contributed by atoms with E-state index in [0.717, 1.165) is 26.2 Å². The van der Waals surface area contributed by atoms with Crippen molar-refractivity contribution in [3.05, 3.63) is 29.8 Å². The number of likely N-dealkylation sites (N-methyl/N-ethyl adjacent to an activating group) is 1. The molecule has 0 atom stereocenters. The molecule has 1 aromatic rings. The van der Waals surface area contributed by atoms with E-state index in [2.05, 4.69) is 24.1 Å². The van der Waals surface area contributed by atoms with Gasteiger partial charge in [-0.25, -0.2) is 0 Å². The average molecular weight is 236 g/mol. The summed E-state index contributed by atoms with van der Waals surface area (Å²) in [7, 11) is 0. The number of hydrogen-bond donors (Lipinski definition) is 2. The zero-order chi connectivity index (χ0) is 12.5. The average Bonchev–Trinajstić information content (AvgIpc) is 2.35. The van der Waals surface area contributed by atoms with Gasteiger partial charge in [0, 0.05) is 19.6 Å². The molecule has 3 heteroatoms. The highest BCUT2D eigenvalue weighted by Crippen LogP contribution is 2.08. The normalized spacial score (nSPS) is 11.0. The molecule has 0 aliphatic carbocycles. The van der Waals surface area contributed by atoms with Gasteiger partial charge in [0.1, 0.15) is 5.75 Å². The SMILES string of the molecule is CCCN(CC)CCNCc1ccc(O)cc1. The lowest BCUT2D eigenvalue weighted by Gasteiger charge is -2.19. The Balaban J connectivity index is 2.17. The highest BCUT2D eigenvalue weighted by Gasteiger charge is 1.99. The highest BCUT2D eigenvalue weighted by molar-refractivity contribution is 5.25. The third kappa shape index (κ3) is 5.71. The number of rotatable bonds is 8. The van der Waals surface area contributed by atoms with E-state index in [1.54, 1.807) is 12.1 Å². The monoisotopic (exact) mass is 236 g/mol. The third-order valence-electron chi connectivity index (χ3n) is 2.86.